The van der Waals surface area contributed by atoms with Gasteiger partial charge >= 0.3 is 5.97 Å². The Morgan fingerprint density at radius 3 is 2.56 bits per heavy atom. The van der Waals surface area contributed by atoms with Crippen LogP contribution in [0.2, 0.25) is 0 Å². The number of piperazine rings is 1. The van der Waals surface area contributed by atoms with Crippen molar-refractivity contribution < 1.29 is 23.9 Å². The van der Waals surface area contributed by atoms with Crippen LogP contribution in [0, 0.1) is 0 Å². The smallest absolute Gasteiger partial charge is 0.308 e. The zero-order valence-corrected chi connectivity index (χ0v) is 19.8. The van der Waals surface area contributed by atoms with Gasteiger partial charge in [-0.2, -0.15) is 0 Å². The van der Waals surface area contributed by atoms with Gasteiger partial charge in [0.05, 0.1) is 25.2 Å². The van der Waals surface area contributed by atoms with Gasteiger partial charge in [-0.05, 0) is 24.1 Å². The number of amides is 2. The molecule has 7 heteroatoms. The summed E-state index contributed by atoms with van der Waals surface area (Å²) in [6.45, 7) is 3.56. The van der Waals surface area contributed by atoms with E-state index in [-0.39, 0.29) is 24.8 Å². The van der Waals surface area contributed by atoms with Crippen molar-refractivity contribution >= 4 is 17.8 Å². The fourth-order valence-corrected chi connectivity index (χ4v) is 3.94. The third-order valence-electron chi connectivity index (χ3n) is 5.82. The highest BCUT2D eigenvalue weighted by Crippen LogP contribution is 2.23. The van der Waals surface area contributed by atoms with Gasteiger partial charge < -0.3 is 19.7 Å². The second kappa shape index (κ2) is 13.4. The minimum absolute atomic E-state index is 0.188. The number of para-hydroxylation sites is 1. The molecule has 1 aliphatic rings. The molecule has 0 radical (unpaired) electrons. The Labute approximate surface area is 201 Å². The lowest BCUT2D eigenvalue weighted by Crippen LogP contribution is -2.57. The molecule has 0 aliphatic carbocycles. The molecule has 7 nitrogen and oxygen atoms in total. The lowest BCUT2D eigenvalue weighted by atomic mass is 10.1. The molecule has 3 rings (SSSR count). The van der Waals surface area contributed by atoms with E-state index in [1.165, 1.54) is 4.90 Å². The molecule has 1 atom stereocenters. The number of benzene rings is 2. The molecule has 0 saturated carbocycles. The molecular weight excluding hydrogens is 432 g/mol. The van der Waals surface area contributed by atoms with Crippen LogP contribution in [-0.4, -0.2) is 55.0 Å². The van der Waals surface area contributed by atoms with Crippen LogP contribution in [0.1, 0.15) is 54.9 Å². The summed E-state index contributed by atoms with van der Waals surface area (Å²) < 4.78 is 11.3. The van der Waals surface area contributed by atoms with Gasteiger partial charge in [0.2, 0.25) is 5.91 Å². The van der Waals surface area contributed by atoms with Gasteiger partial charge in [-0.1, -0.05) is 68.7 Å². The molecular formula is C27H34N2O5. The summed E-state index contributed by atoms with van der Waals surface area (Å²) in [5.74, 6) is -0.672. The molecule has 0 bridgehead atoms. The second-order valence-electron chi connectivity index (χ2n) is 8.37. The summed E-state index contributed by atoms with van der Waals surface area (Å²) in [4.78, 5) is 39.9. The van der Waals surface area contributed by atoms with E-state index in [1.54, 1.807) is 18.2 Å². The average molecular weight is 467 g/mol. The fourth-order valence-electron chi connectivity index (χ4n) is 3.94. The molecule has 1 fully saturated rings. The van der Waals surface area contributed by atoms with E-state index in [2.05, 4.69) is 12.2 Å². The molecule has 2 aromatic rings. The zero-order valence-electron chi connectivity index (χ0n) is 19.8. The lowest BCUT2D eigenvalue weighted by molar-refractivity contribution is -0.147. The fraction of sp³-hybridized carbons (Fsp3) is 0.444. The van der Waals surface area contributed by atoms with Crippen LogP contribution in [0.15, 0.2) is 54.6 Å². The number of nitrogens with one attached hydrogen (secondary N) is 1. The number of hydrogen-bond acceptors (Lipinski definition) is 5. The number of carbonyl (C=O) groups excluding carboxylic acids is 3. The Morgan fingerprint density at radius 1 is 1.00 bits per heavy atom. The van der Waals surface area contributed by atoms with Gasteiger partial charge in [0, 0.05) is 19.5 Å². The Bertz CT molecular complexity index is 947. The minimum Gasteiger partial charge on any atom is -0.493 e. The van der Waals surface area contributed by atoms with Crippen LogP contribution < -0.4 is 10.1 Å². The van der Waals surface area contributed by atoms with E-state index in [0.29, 0.717) is 37.4 Å². The first kappa shape index (κ1) is 25.3. The molecule has 34 heavy (non-hydrogen) atoms. The number of rotatable bonds is 12. The normalized spacial score (nSPS) is 15.5. The highest BCUT2D eigenvalue weighted by Gasteiger charge is 2.36. The third kappa shape index (κ3) is 7.33. The summed E-state index contributed by atoms with van der Waals surface area (Å²) in [6.07, 6.45) is 4.69. The molecule has 1 aliphatic heterocycles. The molecule has 1 N–H and O–H groups in total. The van der Waals surface area contributed by atoms with E-state index in [0.717, 1.165) is 31.2 Å². The highest BCUT2D eigenvalue weighted by atomic mass is 16.5. The van der Waals surface area contributed by atoms with Crippen LogP contribution in [0.3, 0.4) is 0 Å². The number of hydrogen-bond donors (Lipinski definition) is 1. The molecule has 2 amide bonds. The van der Waals surface area contributed by atoms with Crippen molar-refractivity contribution in [3.63, 3.8) is 0 Å². The number of esters is 1. The maximum Gasteiger partial charge on any atom is 0.308 e. The topological polar surface area (TPSA) is 84.9 Å². The summed E-state index contributed by atoms with van der Waals surface area (Å²) in [7, 11) is 0. The number of unbranched alkanes of at least 4 members (excludes halogenated alkanes) is 3. The van der Waals surface area contributed by atoms with E-state index in [9.17, 15) is 14.4 Å². The molecule has 1 heterocycles. The molecule has 2 aromatic carbocycles. The maximum atomic E-state index is 13.4. The first-order valence-corrected chi connectivity index (χ1v) is 12.1. The van der Waals surface area contributed by atoms with Crippen LogP contribution in [0.4, 0.5) is 0 Å². The first-order chi connectivity index (χ1) is 16.6. The first-order valence-electron chi connectivity index (χ1n) is 12.1. The van der Waals surface area contributed by atoms with E-state index in [4.69, 9.17) is 9.47 Å². The monoisotopic (exact) mass is 466 g/mol. The van der Waals surface area contributed by atoms with E-state index in [1.807, 2.05) is 36.4 Å². The zero-order chi connectivity index (χ0) is 24.2. The maximum absolute atomic E-state index is 13.4. The molecule has 1 saturated heterocycles. The van der Waals surface area contributed by atoms with Crippen molar-refractivity contribution in [1.82, 2.24) is 10.2 Å². The standard InChI is InChI=1S/C27H34N2O5/c1-2-3-4-10-18-33-24-14-9-8-13-22(24)27(32)29-17-16-28-26(31)23(29)20-25(30)34-19-15-21-11-6-5-7-12-21/h5-9,11-14,23H,2-4,10,15-20H2,1H3,(H,28,31). The SMILES string of the molecule is CCCCCCOc1ccccc1C(=O)N1CCNC(=O)C1CC(=O)OCCc1ccccc1. The Morgan fingerprint density at radius 2 is 1.76 bits per heavy atom. The minimum atomic E-state index is -0.914. The van der Waals surface area contributed by atoms with Crippen LogP contribution >= 0.6 is 0 Å². The van der Waals surface area contributed by atoms with Gasteiger partial charge in [-0.15, -0.1) is 0 Å². The van der Waals surface area contributed by atoms with Crippen molar-refractivity contribution in [2.45, 2.75) is 51.5 Å². The van der Waals surface area contributed by atoms with Crippen LogP contribution in [0.25, 0.3) is 0 Å². The van der Waals surface area contributed by atoms with Crippen LogP contribution in [-0.2, 0) is 20.7 Å². The van der Waals surface area contributed by atoms with Crippen molar-refractivity contribution in [3.05, 3.63) is 65.7 Å². The number of carbonyl (C=O) groups is 3. The Balaban J connectivity index is 1.61. The summed E-state index contributed by atoms with van der Waals surface area (Å²) in [5.41, 5.74) is 1.46. The van der Waals surface area contributed by atoms with Gasteiger partial charge in [0.15, 0.2) is 0 Å². The van der Waals surface area contributed by atoms with E-state index >= 15 is 0 Å². The quantitative estimate of drug-likeness (QED) is 0.380. The Kier molecular flexibility index (Phi) is 9.95. The molecule has 182 valence electrons. The summed E-state index contributed by atoms with van der Waals surface area (Å²) in [5, 5.41) is 2.75. The van der Waals surface area contributed by atoms with Crippen molar-refractivity contribution in [2.24, 2.45) is 0 Å². The van der Waals surface area contributed by atoms with Crippen molar-refractivity contribution in [2.75, 3.05) is 26.3 Å². The van der Waals surface area contributed by atoms with Crippen molar-refractivity contribution in [3.8, 4) is 5.75 Å². The average Bonchev–Trinajstić information content (AvgIpc) is 2.85. The Hall–Kier alpha value is -3.35. The molecule has 1 unspecified atom stereocenters. The summed E-state index contributed by atoms with van der Waals surface area (Å²) in [6, 6.07) is 15.9. The largest absolute Gasteiger partial charge is 0.493 e. The van der Waals surface area contributed by atoms with Crippen LogP contribution in [0.5, 0.6) is 5.75 Å². The van der Waals surface area contributed by atoms with Gasteiger partial charge in [-0.3, -0.25) is 14.4 Å². The van der Waals surface area contributed by atoms with E-state index < -0.39 is 12.0 Å². The van der Waals surface area contributed by atoms with Gasteiger partial charge in [0.25, 0.3) is 5.91 Å². The number of nitrogens with zero attached hydrogens (tertiary/aromatic N) is 1. The van der Waals surface area contributed by atoms with Crippen molar-refractivity contribution in [1.29, 1.82) is 0 Å². The lowest BCUT2D eigenvalue weighted by Gasteiger charge is -2.34. The molecule has 0 spiro atoms. The van der Waals surface area contributed by atoms with Gasteiger partial charge in [0.1, 0.15) is 11.8 Å². The number of ether oxygens (including phenoxy) is 2. The third-order valence-corrected chi connectivity index (χ3v) is 5.82. The second-order valence-corrected chi connectivity index (χ2v) is 8.37. The highest BCUT2D eigenvalue weighted by molar-refractivity contribution is 6.01. The molecule has 0 aromatic heterocycles. The summed E-state index contributed by atoms with van der Waals surface area (Å²) >= 11 is 0. The van der Waals surface area contributed by atoms with Gasteiger partial charge in [-0.25, -0.2) is 0 Å². The predicted molar refractivity (Wildman–Crippen MR) is 130 cm³/mol. The predicted octanol–water partition coefficient (Wildman–Crippen LogP) is 3.76.